The number of piperazine rings is 1. The Morgan fingerprint density at radius 2 is 1.95 bits per heavy atom. The molecule has 1 fully saturated rings. The lowest BCUT2D eigenvalue weighted by atomic mass is 9.87. The summed E-state index contributed by atoms with van der Waals surface area (Å²) in [6.45, 7) is 8.40. The number of carbonyl (C=O) groups excluding carboxylic acids is 2. The Labute approximate surface area is 123 Å². The minimum atomic E-state index is -0.733. The van der Waals surface area contributed by atoms with Crippen LogP contribution in [0.3, 0.4) is 0 Å². The van der Waals surface area contributed by atoms with Crippen molar-refractivity contribution in [1.29, 1.82) is 0 Å². The van der Waals surface area contributed by atoms with Gasteiger partial charge in [-0.15, -0.1) is 11.3 Å². The summed E-state index contributed by atoms with van der Waals surface area (Å²) in [5.41, 5.74) is 0.264. The Morgan fingerprint density at radius 3 is 2.45 bits per heavy atom. The zero-order chi connectivity index (χ0) is 14.9. The van der Waals surface area contributed by atoms with Crippen molar-refractivity contribution < 1.29 is 9.59 Å². The molecule has 1 aliphatic rings. The van der Waals surface area contributed by atoms with E-state index >= 15 is 0 Å². The molecule has 2 rings (SSSR count). The van der Waals surface area contributed by atoms with Crippen molar-refractivity contribution in [3.05, 3.63) is 15.6 Å². The largest absolute Gasteiger partial charge is 0.345 e. The van der Waals surface area contributed by atoms with Gasteiger partial charge in [0.25, 0.3) is 0 Å². The SMILES string of the molecule is CCC1(CC)C(=O)NCC(=O)N1Cc1nc(C)c(C)s1. The lowest BCUT2D eigenvalue weighted by Gasteiger charge is -2.44. The van der Waals surface area contributed by atoms with Crippen LogP contribution in [0.2, 0.25) is 0 Å². The van der Waals surface area contributed by atoms with Gasteiger partial charge in [-0.05, 0) is 26.7 Å². The van der Waals surface area contributed by atoms with E-state index < -0.39 is 5.54 Å². The molecule has 0 aromatic carbocycles. The van der Waals surface area contributed by atoms with E-state index in [1.54, 1.807) is 16.2 Å². The molecule has 0 bridgehead atoms. The monoisotopic (exact) mass is 295 g/mol. The zero-order valence-corrected chi connectivity index (χ0v) is 13.3. The third-order valence-electron chi connectivity index (χ3n) is 4.18. The van der Waals surface area contributed by atoms with Gasteiger partial charge >= 0.3 is 0 Å². The van der Waals surface area contributed by atoms with Crippen molar-refractivity contribution in [2.45, 2.75) is 52.6 Å². The van der Waals surface area contributed by atoms with E-state index in [9.17, 15) is 9.59 Å². The van der Waals surface area contributed by atoms with Crippen LogP contribution < -0.4 is 5.32 Å². The molecule has 0 aliphatic carbocycles. The van der Waals surface area contributed by atoms with Crippen LogP contribution in [-0.2, 0) is 16.1 Å². The molecule has 2 amide bonds. The van der Waals surface area contributed by atoms with Crippen LogP contribution in [-0.4, -0.2) is 33.8 Å². The lowest BCUT2D eigenvalue weighted by Crippen LogP contribution is -2.66. The normalized spacial score (nSPS) is 18.3. The predicted octanol–water partition coefficient (Wildman–Crippen LogP) is 1.78. The smallest absolute Gasteiger partial charge is 0.246 e. The Kier molecular flexibility index (Phi) is 4.13. The van der Waals surface area contributed by atoms with Gasteiger partial charge in [-0.1, -0.05) is 13.8 Å². The molecule has 0 unspecified atom stereocenters. The van der Waals surface area contributed by atoms with Gasteiger partial charge in [-0.2, -0.15) is 0 Å². The molecular formula is C14H21N3O2S. The number of aryl methyl sites for hydroxylation is 2. The Balaban J connectivity index is 2.33. The molecule has 1 aromatic heterocycles. The fraction of sp³-hybridized carbons (Fsp3) is 0.643. The second-order valence-electron chi connectivity index (χ2n) is 5.15. The summed E-state index contributed by atoms with van der Waals surface area (Å²) in [7, 11) is 0. The molecule has 0 atom stereocenters. The number of nitrogens with one attached hydrogen (secondary N) is 1. The number of rotatable bonds is 4. The number of carbonyl (C=O) groups is 2. The molecule has 2 heterocycles. The highest BCUT2D eigenvalue weighted by Crippen LogP contribution is 2.30. The molecule has 1 aromatic rings. The first-order valence-corrected chi connectivity index (χ1v) is 7.78. The highest BCUT2D eigenvalue weighted by molar-refractivity contribution is 7.11. The van der Waals surface area contributed by atoms with Crippen LogP contribution in [0.25, 0.3) is 0 Å². The van der Waals surface area contributed by atoms with E-state index in [0.717, 1.165) is 15.6 Å². The molecule has 5 nitrogen and oxygen atoms in total. The zero-order valence-electron chi connectivity index (χ0n) is 12.4. The standard InChI is InChI=1S/C14H21N3O2S/c1-5-14(6-2)13(19)15-7-12(18)17(14)8-11-16-9(3)10(4)20-11/h5-8H2,1-4H3,(H,15,19). The predicted molar refractivity (Wildman–Crippen MR) is 78.5 cm³/mol. The van der Waals surface area contributed by atoms with Crippen LogP contribution in [0.4, 0.5) is 0 Å². The van der Waals surface area contributed by atoms with Gasteiger partial charge in [0.05, 0.1) is 18.8 Å². The minimum Gasteiger partial charge on any atom is -0.345 e. The number of nitrogens with zero attached hydrogens (tertiary/aromatic N) is 2. The molecule has 6 heteroatoms. The highest BCUT2D eigenvalue weighted by Gasteiger charge is 2.46. The number of amides is 2. The molecule has 0 radical (unpaired) electrons. The summed E-state index contributed by atoms with van der Waals surface area (Å²) in [4.78, 5) is 31.9. The van der Waals surface area contributed by atoms with Crippen molar-refractivity contribution >= 4 is 23.2 Å². The summed E-state index contributed by atoms with van der Waals surface area (Å²) in [6, 6.07) is 0. The number of hydrogen-bond acceptors (Lipinski definition) is 4. The summed E-state index contributed by atoms with van der Waals surface area (Å²) in [6.07, 6.45) is 1.23. The maximum atomic E-state index is 12.3. The topological polar surface area (TPSA) is 62.3 Å². The van der Waals surface area contributed by atoms with Crippen LogP contribution in [0.5, 0.6) is 0 Å². The van der Waals surface area contributed by atoms with Crippen LogP contribution in [0.1, 0.15) is 42.3 Å². The van der Waals surface area contributed by atoms with Crippen molar-refractivity contribution in [3.8, 4) is 0 Å². The van der Waals surface area contributed by atoms with Gasteiger partial charge in [0, 0.05) is 4.88 Å². The Morgan fingerprint density at radius 1 is 1.30 bits per heavy atom. The van der Waals surface area contributed by atoms with Crippen molar-refractivity contribution in [3.63, 3.8) is 0 Å². The van der Waals surface area contributed by atoms with E-state index in [2.05, 4.69) is 10.3 Å². The second kappa shape index (κ2) is 5.52. The number of thiazole rings is 1. The van der Waals surface area contributed by atoms with Crippen molar-refractivity contribution in [2.75, 3.05) is 6.54 Å². The van der Waals surface area contributed by atoms with E-state index in [1.807, 2.05) is 27.7 Å². The van der Waals surface area contributed by atoms with Crippen molar-refractivity contribution in [1.82, 2.24) is 15.2 Å². The maximum absolute atomic E-state index is 12.3. The number of aromatic nitrogens is 1. The summed E-state index contributed by atoms with van der Waals surface area (Å²) in [5.74, 6) is -0.0779. The Bertz CT molecular complexity index is 515. The van der Waals surface area contributed by atoms with Crippen LogP contribution >= 0.6 is 11.3 Å². The first-order valence-electron chi connectivity index (χ1n) is 6.96. The van der Waals surface area contributed by atoms with Gasteiger partial charge in [0.1, 0.15) is 10.5 Å². The van der Waals surface area contributed by atoms with Gasteiger partial charge < -0.3 is 10.2 Å². The summed E-state index contributed by atoms with van der Waals surface area (Å²) in [5, 5.41) is 3.61. The van der Waals surface area contributed by atoms with Crippen LogP contribution in [0.15, 0.2) is 0 Å². The molecule has 1 saturated heterocycles. The molecule has 0 spiro atoms. The average Bonchev–Trinajstić information content (AvgIpc) is 2.74. The molecule has 1 aliphatic heterocycles. The molecular weight excluding hydrogens is 274 g/mol. The second-order valence-corrected chi connectivity index (χ2v) is 6.44. The minimum absolute atomic E-state index is 0.0289. The van der Waals surface area contributed by atoms with E-state index in [4.69, 9.17) is 0 Å². The third kappa shape index (κ3) is 2.32. The van der Waals surface area contributed by atoms with E-state index in [1.165, 1.54) is 0 Å². The first-order chi connectivity index (χ1) is 9.44. The summed E-state index contributed by atoms with van der Waals surface area (Å²) >= 11 is 1.60. The fourth-order valence-corrected chi connectivity index (χ4v) is 3.63. The lowest BCUT2D eigenvalue weighted by molar-refractivity contribution is -0.155. The molecule has 20 heavy (non-hydrogen) atoms. The molecule has 110 valence electrons. The van der Waals surface area contributed by atoms with Crippen LogP contribution in [0, 0.1) is 13.8 Å². The maximum Gasteiger partial charge on any atom is 0.246 e. The third-order valence-corrected chi connectivity index (χ3v) is 5.23. The number of hydrogen-bond donors (Lipinski definition) is 1. The average molecular weight is 295 g/mol. The quantitative estimate of drug-likeness (QED) is 0.921. The van der Waals surface area contributed by atoms with Gasteiger partial charge in [-0.25, -0.2) is 4.98 Å². The highest BCUT2D eigenvalue weighted by atomic mass is 32.1. The van der Waals surface area contributed by atoms with E-state index in [-0.39, 0.29) is 18.4 Å². The van der Waals surface area contributed by atoms with Gasteiger partial charge in [0.2, 0.25) is 11.8 Å². The van der Waals surface area contributed by atoms with E-state index in [0.29, 0.717) is 19.4 Å². The molecule has 1 N–H and O–H groups in total. The van der Waals surface area contributed by atoms with Gasteiger partial charge in [0.15, 0.2) is 0 Å². The Hall–Kier alpha value is -1.43. The van der Waals surface area contributed by atoms with Gasteiger partial charge in [-0.3, -0.25) is 9.59 Å². The summed E-state index contributed by atoms with van der Waals surface area (Å²) < 4.78 is 0. The fourth-order valence-electron chi connectivity index (χ4n) is 2.71. The first kappa shape index (κ1) is 15.0. The van der Waals surface area contributed by atoms with Crippen molar-refractivity contribution in [2.24, 2.45) is 0 Å². The molecule has 0 saturated carbocycles.